The van der Waals surface area contributed by atoms with Crippen molar-refractivity contribution >= 4 is 11.0 Å². The number of fused-ring (bicyclic) bond motifs is 1. The summed E-state index contributed by atoms with van der Waals surface area (Å²) >= 11 is 0. The monoisotopic (exact) mass is 145 g/mol. The van der Waals surface area contributed by atoms with E-state index in [2.05, 4.69) is 16.2 Å². The van der Waals surface area contributed by atoms with Gasteiger partial charge in [-0.05, 0) is 12.1 Å². The maximum atomic E-state index is 11.1. The Morgan fingerprint density at radius 2 is 2.36 bits per heavy atom. The van der Waals surface area contributed by atoms with Crippen LogP contribution in [-0.4, -0.2) is 9.97 Å². The number of H-pyrrole nitrogens is 1. The first-order valence-corrected chi connectivity index (χ1v) is 3.22. The van der Waals surface area contributed by atoms with Gasteiger partial charge in [-0.1, -0.05) is 0 Å². The second-order valence-electron chi connectivity index (χ2n) is 2.18. The number of hydrogen-bond donors (Lipinski definition) is 1. The number of aromatic amines is 1. The first-order chi connectivity index (χ1) is 5.38. The van der Waals surface area contributed by atoms with Gasteiger partial charge in [0.2, 0.25) is 0 Å². The van der Waals surface area contributed by atoms with Crippen molar-refractivity contribution in [2.45, 2.75) is 0 Å². The van der Waals surface area contributed by atoms with Crippen molar-refractivity contribution in [2.24, 2.45) is 0 Å². The zero-order valence-corrected chi connectivity index (χ0v) is 5.66. The predicted molar refractivity (Wildman–Crippen MR) is 41.2 cm³/mol. The molecular weight excluding hydrogens is 140 g/mol. The summed E-state index contributed by atoms with van der Waals surface area (Å²) in [6.45, 7) is 0. The molecule has 1 N–H and O–H groups in total. The van der Waals surface area contributed by atoms with Crippen LogP contribution in [0.1, 0.15) is 0 Å². The number of nitrogens with one attached hydrogen (secondary N) is 1. The van der Waals surface area contributed by atoms with Crippen molar-refractivity contribution in [1.82, 2.24) is 9.97 Å². The molecule has 0 spiro atoms. The molecule has 1 radical (unpaired) electrons. The zero-order chi connectivity index (χ0) is 7.68. The SMILES string of the molecule is O=c1cc[nH]c2n[c]ccc12. The minimum atomic E-state index is -0.0137. The largest absolute Gasteiger partial charge is 0.346 e. The summed E-state index contributed by atoms with van der Waals surface area (Å²) in [5, 5.41) is 0.603. The van der Waals surface area contributed by atoms with Gasteiger partial charge in [0.1, 0.15) is 5.65 Å². The third-order valence-electron chi connectivity index (χ3n) is 1.48. The molecule has 0 unspecified atom stereocenters. The first kappa shape index (κ1) is 6.09. The molecular formula is C8H5N2O. The lowest BCUT2D eigenvalue weighted by Crippen LogP contribution is -2.00. The van der Waals surface area contributed by atoms with E-state index in [0.717, 1.165) is 0 Å². The number of nitrogens with zero attached hydrogens (tertiary/aromatic N) is 1. The number of aromatic nitrogens is 2. The summed E-state index contributed by atoms with van der Waals surface area (Å²) in [6.07, 6.45) is 4.22. The van der Waals surface area contributed by atoms with Crippen molar-refractivity contribution in [3.8, 4) is 0 Å². The third kappa shape index (κ3) is 0.902. The van der Waals surface area contributed by atoms with Crippen LogP contribution in [0, 0.1) is 6.20 Å². The van der Waals surface area contributed by atoms with E-state index in [1.54, 1.807) is 18.3 Å². The van der Waals surface area contributed by atoms with Gasteiger partial charge < -0.3 is 4.98 Å². The highest BCUT2D eigenvalue weighted by Crippen LogP contribution is 1.98. The fourth-order valence-electron chi connectivity index (χ4n) is 0.957. The smallest absolute Gasteiger partial charge is 0.191 e. The average molecular weight is 145 g/mol. The Morgan fingerprint density at radius 3 is 3.18 bits per heavy atom. The third-order valence-corrected chi connectivity index (χ3v) is 1.48. The molecule has 53 valence electrons. The second-order valence-corrected chi connectivity index (χ2v) is 2.18. The fourth-order valence-corrected chi connectivity index (χ4v) is 0.957. The number of hydrogen-bond acceptors (Lipinski definition) is 2. The molecule has 2 rings (SSSR count). The molecule has 0 bridgehead atoms. The topological polar surface area (TPSA) is 45.8 Å². The quantitative estimate of drug-likeness (QED) is 0.593. The molecule has 3 nitrogen and oxygen atoms in total. The Bertz CT molecular complexity index is 428. The van der Waals surface area contributed by atoms with Gasteiger partial charge in [-0.15, -0.1) is 0 Å². The molecule has 11 heavy (non-hydrogen) atoms. The summed E-state index contributed by atoms with van der Waals surface area (Å²) in [4.78, 5) is 17.8. The van der Waals surface area contributed by atoms with E-state index in [1.165, 1.54) is 6.07 Å². The van der Waals surface area contributed by atoms with E-state index in [1.807, 2.05) is 0 Å². The lowest BCUT2D eigenvalue weighted by atomic mass is 10.3. The van der Waals surface area contributed by atoms with Crippen LogP contribution < -0.4 is 5.43 Å². The highest BCUT2D eigenvalue weighted by Gasteiger charge is 1.94. The van der Waals surface area contributed by atoms with Crippen molar-refractivity contribution in [1.29, 1.82) is 0 Å². The Balaban J connectivity index is 3.03. The van der Waals surface area contributed by atoms with E-state index in [-0.39, 0.29) is 5.43 Å². The molecule has 2 heterocycles. The van der Waals surface area contributed by atoms with Crippen LogP contribution in [0.2, 0.25) is 0 Å². The summed E-state index contributed by atoms with van der Waals surface area (Å²) in [5.74, 6) is 0. The molecule has 0 aliphatic rings. The van der Waals surface area contributed by atoms with Crippen LogP contribution in [0.15, 0.2) is 29.2 Å². The Labute approximate surface area is 62.7 Å². The Kier molecular flexibility index (Phi) is 1.22. The minimum absolute atomic E-state index is 0.0137. The minimum Gasteiger partial charge on any atom is -0.346 e. The van der Waals surface area contributed by atoms with E-state index in [9.17, 15) is 4.79 Å². The standard InChI is InChI=1S/C8H5N2O/c11-7-3-5-10-8-6(7)2-1-4-9-8/h1-3,5H,(H,9,10,11). The highest BCUT2D eigenvalue weighted by atomic mass is 16.1. The molecule has 0 saturated heterocycles. The first-order valence-electron chi connectivity index (χ1n) is 3.22. The summed E-state index contributed by atoms with van der Waals surface area (Å²) in [5.41, 5.74) is 0.570. The van der Waals surface area contributed by atoms with Gasteiger partial charge in [-0.3, -0.25) is 4.79 Å². The van der Waals surface area contributed by atoms with Crippen LogP contribution in [0.25, 0.3) is 11.0 Å². The molecule has 0 fully saturated rings. The Hall–Kier alpha value is -1.64. The number of rotatable bonds is 0. The van der Waals surface area contributed by atoms with Crippen LogP contribution >= 0.6 is 0 Å². The van der Waals surface area contributed by atoms with Crippen molar-refractivity contribution in [2.75, 3.05) is 0 Å². The van der Waals surface area contributed by atoms with E-state index in [4.69, 9.17) is 0 Å². The van der Waals surface area contributed by atoms with Crippen LogP contribution in [0.5, 0.6) is 0 Å². The number of pyridine rings is 2. The van der Waals surface area contributed by atoms with E-state index in [0.29, 0.717) is 11.0 Å². The lowest BCUT2D eigenvalue weighted by Gasteiger charge is -1.91. The normalized spacial score (nSPS) is 10.2. The molecule has 0 aromatic carbocycles. The van der Waals surface area contributed by atoms with Gasteiger partial charge in [0.05, 0.1) is 11.6 Å². The molecule has 0 amide bonds. The summed E-state index contributed by atoms with van der Waals surface area (Å²) in [7, 11) is 0. The molecule has 0 atom stereocenters. The van der Waals surface area contributed by atoms with Crippen molar-refractivity contribution in [3.05, 3.63) is 40.8 Å². The zero-order valence-electron chi connectivity index (χ0n) is 5.66. The fraction of sp³-hybridized carbons (Fsp3) is 0. The van der Waals surface area contributed by atoms with Gasteiger partial charge in [-0.2, -0.15) is 0 Å². The average Bonchev–Trinajstić information content (AvgIpc) is 2.06. The van der Waals surface area contributed by atoms with Crippen LogP contribution in [0.4, 0.5) is 0 Å². The van der Waals surface area contributed by atoms with Crippen LogP contribution in [0.3, 0.4) is 0 Å². The lowest BCUT2D eigenvalue weighted by molar-refractivity contribution is 1.27. The van der Waals surface area contributed by atoms with Crippen molar-refractivity contribution in [3.63, 3.8) is 0 Å². The van der Waals surface area contributed by atoms with Crippen molar-refractivity contribution < 1.29 is 0 Å². The second kappa shape index (κ2) is 2.20. The van der Waals surface area contributed by atoms with Gasteiger partial charge in [0.15, 0.2) is 5.43 Å². The molecule has 3 heteroatoms. The van der Waals surface area contributed by atoms with Gasteiger partial charge in [0, 0.05) is 12.3 Å². The van der Waals surface area contributed by atoms with Crippen LogP contribution in [-0.2, 0) is 0 Å². The Morgan fingerprint density at radius 1 is 1.45 bits per heavy atom. The molecule has 0 aliphatic carbocycles. The molecule has 2 aromatic rings. The predicted octanol–water partition coefficient (Wildman–Crippen LogP) is 0.723. The molecule has 0 aliphatic heterocycles. The van der Waals surface area contributed by atoms with Gasteiger partial charge in [0.25, 0.3) is 0 Å². The summed E-state index contributed by atoms with van der Waals surface area (Å²) in [6, 6.07) is 4.79. The van der Waals surface area contributed by atoms with Gasteiger partial charge >= 0.3 is 0 Å². The van der Waals surface area contributed by atoms with E-state index >= 15 is 0 Å². The maximum absolute atomic E-state index is 11.1. The maximum Gasteiger partial charge on any atom is 0.191 e. The summed E-state index contributed by atoms with van der Waals surface area (Å²) < 4.78 is 0. The van der Waals surface area contributed by atoms with E-state index < -0.39 is 0 Å². The molecule has 0 saturated carbocycles. The highest BCUT2D eigenvalue weighted by molar-refractivity contribution is 5.73. The van der Waals surface area contributed by atoms with Gasteiger partial charge in [-0.25, -0.2) is 4.98 Å². The molecule has 2 aromatic heterocycles.